The molecule has 92 valence electrons. The molecule has 0 bridgehead atoms. The second-order valence-corrected chi connectivity index (χ2v) is 3.67. The number of carbonyl (C=O) groups is 2. The molecule has 1 aromatic carbocycles. The molecule has 0 atom stereocenters. The van der Waals surface area contributed by atoms with Gasteiger partial charge in [-0.3, -0.25) is 9.59 Å². The number of rotatable bonds is 4. The number of nitrogens with two attached hydrogens (primary N) is 2. The topological polar surface area (TPSA) is 101 Å². The molecule has 0 aliphatic rings. The van der Waals surface area contributed by atoms with Gasteiger partial charge >= 0.3 is 0 Å². The van der Waals surface area contributed by atoms with E-state index in [-0.39, 0.29) is 12.5 Å². The summed E-state index contributed by atoms with van der Waals surface area (Å²) in [7, 11) is 3.31. The minimum atomic E-state index is -0.530. The van der Waals surface area contributed by atoms with Crippen LogP contribution in [0.3, 0.4) is 0 Å². The van der Waals surface area contributed by atoms with Crippen molar-refractivity contribution >= 4 is 23.2 Å². The van der Waals surface area contributed by atoms with Crippen LogP contribution < -0.4 is 21.7 Å². The molecule has 0 saturated heterocycles. The third-order valence-corrected chi connectivity index (χ3v) is 2.38. The number of anilines is 2. The highest BCUT2D eigenvalue weighted by atomic mass is 16.2. The van der Waals surface area contributed by atoms with Crippen molar-refractivity contribution in [3.63, 3.8) is 0 Å². The predicted octanol–water partition coefficient (Wildman–Crippen LogP) is -0.450. The van der Waals surface area contributed by atoms with Crippen molar-refractivity contribution < 1.29 is 9.59 Å². The molecule has 0 aliphatic heterocycles. The summed E-state index contributed by atoms with van der Waals surface area (Å²) in [4.78, 5) is 23.9. The molecule has 17 heavy (non-hydrogen) atoms. The molecule has 0 aliphatic carbocycles. The maximum atomic E-state index is 11.2. The van der Waals surface area contributed by atoms with Crippen LogP contribution in [0.25, 0.3) is 0 Å². The summed E-state index contributed by atoms with van der Waals surface area (Å²) >= 11 is 0. The number of primary amides is 1. The molecule has 0 spiro atoms. The van der Waals surface area contributed by atoms with Gasteiger partial charge in [0.25, 0.3) is 0 Å². The maximum absolute atomic E-state index is 11.2. The molecule has 1 rings (SSSR count). The van der Waals surface area contributed by atoms with Gasteiger partial charge in [-0.1, -0.05) is 0 Å². The van der Waals surface area contributed by atoms with Crippen molar-refractivity contribution in [2.45, 2.75) is 0 Å². The molecular formula is C11H16N4O2. The van der Waals surface area contributed by atoms with Crippen LogP contribution in [-0.4, -0.2) is 32.5 Å². The van der Waals surface area contributed by atoms with Crippen molar-refractivity contribution in [1.29, 1.82) is 0 Å². The van der Waals surface area contributed by atoms with E-state index in [9.17, 15) is 9.59 Å². The Morgan fingerprint density at radius 2 is 2.06 bits per heavy atom. The average molecular weight is 236 g/mol. The third-order valence-electron chi connectivity index (χ3n) is 2.38. The molecule has 6 heteroatoms. The van der Waals surface area contributed by atoms with Crippen molar-refractivity contribution in [2.24, 2.45) is 5.73 Å². The average Bonchev–Trinajstić information content (AvgIpc) is 2.28. The number of nitrogen functional groups attached to an aromatic ring is 1. The second-order valence-electron chi connectivity index (χ2n) is 3.67. The summed E-state index contributed by atoms with van der Waals surface area (Å²) in [6.45, 7) is 0.191. The van der Waals surface area contributed by atoms with E-state index in [1.165, 1.54) is 6.07 Å². The van der Waals surface area contributed by atoms with Crippen molar-refractivity contribution in [3.05, 3.63) is 23.8 Å². The van der Waals surface area contributed by atoms with Gasteiger partial charge in [0.05, 0.1) is 17.9 Å². The monoisotopic (exact) mass is 236 g/mol. The molecule has 1 aromatic rings. The molecule has 0 heterocycles. The van der Waals surface area contributed by atoms with Crippen molar-refractivity contribution in [2.75, 3.05) is 31.3 Å². The first kappa shape index (κ1) is 12.8. The second kappa shape index (κ2) is 5.20. The number of hydrogen-bond donors (Lipinski definition) is 3. The number of nitrogens with one attached hydrogen (secondary N) is 1. The van der Waals surface area contributed by atoms with Crippen LogP contribution >= 0.6 is 0 Å². The van der Waals surface area contributed by atoms with Crippen LogP contribution in [-0.2, 0) is 4.79 Å². The predicted molar refractivity (Wildman–Crippen MR) is 66.7 cm³/mol. The molecule has 0 aromatic heterocycles. The lowest BCUT2D eigenvalue weighted by Crippen LogP contribution is -2.33. The Hall–Kier alpha value is -2.24. The van der Waals surface area contributed by atoms with Gasteiger partial charge in [-0.25, -0.2) is 0 Å². The number of carbonyl (C=O) groups excluding carboxylic acids is 2. The van der Waals surface area contributed by atoms with Gasteiger partial charge in [-0.05, 0) is 18.2 Å². The normalized spacial score (nSPS) is 9.76. The smallest absolute Gasteiger partial charge is 0.248 e. The van der Waals surface area contributed by atoms with Crippen molar-refractivity contribution in [1.82, 2.24) is 5.32 Å². The SMILES string of the molecule is CNC(=O)CN(C)c1ccc(C(N)=O)cc1N. The minimum absolute atomic E-state index is 0.120. The highest BCUT2D eigenvalue weighted by molar-refractivity contribution is 5.95. The van der Waals surface area contributed by atoms with Crippen LogP contribution in [0.2, 0.25) is 0 Å². The fourth-order valence-electron chi connectivity index (χ4n) is 1.44. The number of amides is 2. The Bertz CT molecular complexity index is 445. The van der Waals surface area contributed by atoms with Crippen LogP contribution in [0.15, 0.2) is 18.2 Å². The molecule has 0 saturated carbocycles. The first-order valence-electron chi connectivity index (χ1n) is 5.06. The Labute approximate surface area is 99.6 Å². The van der Waals surface area contributed by atoms with Gasteiger partial charge in [-0.15, -0.1) is 0 Å². The fraction of sp³-hybridized carbons (Fsp3) is 0.273. The van der Waals surface area contributed by atoms with E-state index >= 15 is 0 Å². The van der Waals surface area contributed by atoms with Crippen LogP contribution in [0.1, 0.15) is 10.4 Å². The van der Waals surface area contributed by atoms with Crippen LogP contribution in [0.5, 0.6) is 0 Å². The zero-order valence-corrected chi connectivity index (χ0v) is 9.86. The highest BCUT2D eigenvalue weighted by Crippen LogP contribution is 2.22. The van der Waals surface area contributed by atoms with E-state index in [0.29, 0.717) is 16.9 Å². The molecule has 2 amide bonds. The van der Waals surface area contributed by atoms with Gasteiger partial charge in [-0.2, -0.15) is 0 Å². The largest absolute Gasteiger partial charge is 0.397 e. The first-order chi connectivity index (χ1) is 7.95. The van der Waals surface area contributed by atoms with Gasteiger partial charge < -0.3 is 21.7 Å². The Balaban J connectivity index is 2.92. The lowest BCUT2D eigenvalue weighted by atomic mass is 10.1. The summed E-state index contributed by atoms with van der Waals surface area (Å²) in [5, 5.41) is 2.52. The number of benzene rings is 1. The number of nitrogens with zero attached hydrogens (tertiary/aromatic N) is 1. The molecule has 0 fully saturated rings. The summed E-state index contributed by atoms with van der Waals surface area (Å²) in [6, 6.07) is 4.74. The zero-order chi connectivity index (χ0) is 13.0. The molecule has 5 N–H and O–H groups in total. The standard InChI is InChI=1S/C11H16N4O2/c1-14-10(16)6-15(2)9-4-3-7(11(13)17)5-8(9)12/h3-5H,6,12H2,1-2H3,(H2,13,17)(H,14,16). The first-order valence-corrected chi connectivity index (χ1v) is 5.06. The third kappa shape index (κ3) is 3.10. The lowest BCUT2D eigenvalue weighted by molar-refractivity contribution is -0.119. The Morgan fingerprint density at radius 1 is 1.41 bits per heavy atom. The van der Waals surface area contributed by atoms with E-state index in [1.807, 2.05) is 0 Å². The summed E-state index contributed by atoms with van der Waals surface area (Å²) in [5.41, 5.74) is 12.4. The lowest BCUT2D eigenvalue weighted by Gasteiger charge is -2.20. The van der Waals surface area contributed by atoms with Crippen LogP contribution in [0, 0.1) is 0 Å². The Kier molecular flexibility index (Phi) is 3.92. The van der Waals surface area contributed by atoms with E-state index < -0.39 is 5.91 Å². The van der Waals surface area contributed by atoms with Crippen molar-refractivity contribution in [3.8, 4) is 0 Å². The molecular weight excluding hydrogens is 220 g/mol. The fourth-order valence-corrected chi connectivity index (χ4v) is 1.44. The number of hydrogen-bond acceptors (Lipinski definition) is 4. The van der Waals surface area contributed by atoms with Gasteiger partial charge in [0.1, 0.15) is 0 Å². The van der Waals surface area contributed by atoms with E-state index in [4.69, 9.17) is 11.5 Å². The zero-order valence-electron chi connectivity index (χ0n) is 9.86. The van der Waals surface area contributed by atoms with Gasteiger partial charge in [0.15, 0.2) is 0 Å². The van der Waals surface area contributed by atoms with E-state index in [0.717, 1.165) is 0 Å². The molecule has 0 unspecified atom stereocenters. The maximum Gasteiger partial charge on any atom is 0.248 e. The van der Waals surface area contributed by atoms with Crippen LogP contribution in [0.4, 0.5) is 11.4 Å². The quantitative estimate of drug-likeness (QED) is 0.616. The van der Waals surface area contributed by atoms with E-state index in [2.05, 4.69) is 5.32 Å². The molecule has 0 radical (unpaired) electrons. The summed E-state index contributed by atoms with van der Waals surface area (Å²) in [6.07, 6.45) is 0. The Morgan fingerprint density at radius 3 is 2.53 bits per heavy atom. The molecule has 6 nitrogen and oxygen atoms in total. The highest BCUT2D eigenvalue weighted by Gasteiger charge is 2.10. The van der Waals surface area contributed by atoms with E-state index in [1.54, 1.807) is 31.1 Å². The summed E-state index contributed by atoms with van der Waals surface area (Å²) < 4.78 is 0. The summed E-state index contributed by atoms with van der Waals surface area (Å²) in [5.74, 6) is -0.650. The van der Waals surface area contributed by atoms with Gasteiger partial charge in [0, 0.05) is 19.7 Å². The minimum Gasteiger partial charge on any atom is -0.397 e. The number of likely N-dealkylation sites (N-methyl/N-ethyl adjacent to an activating group) is 2. The van der Waals surface area contributed by atoms with Gasteiger partial charge in [0.2, 0.25) is 11.8 Å².